The van der Waals surface area contributed by atoms with Crippen molar-refractivity contribution < 1.29 is 34.3 Å². The third-order valence-electron chi connectivity index (χ3n) is 3.41. The summed E-state index contributed by atoms with van der Waals surface area (Å²) in [6.45, 7) is 2.81. The second kappa shape index (κ2) is 8.45. The van der Waals surface area contributed by atoms with Crippen LogP contribution in [0.3, 0.4) is 0 Å². The Bertz CT molecular complexity index is 860. The van der Waals surface area contributed by atoms with E-state index in [9.17, 15) is 29.9 Å². The van der Waals surface area contributed by atoms with Crippen LogP contribution in [0.25, 0.3) is 0 Å². The van der Waals surface area contributed by atoms with E-state index in [4.69, 9.17) is 4.74 Å². The Kier molecular flexibility index (Phi) is 6.29. The van der Waals surface area contributed by atoms with Crippen LogP contribution in [0.1, 0.15) is 31.1 Å². The maximum atomic E-state index is 11.9. The predicted molar refractivity (Wildman–Crippen MR) is 94.3 cm³/mol. The van der Waals surface area contributed by atoms with Crippen LogP contribution in [0, 0.1) is 10.1 Å². The van der Waals surface area contributed by atoms with Gasteiger partial charge in [-0.3, -0.25) is 19.7 Å². The lowest BCUT2D eigenvalue weighted by atomic mass is 10.1. The molecule has 1 unspecified atom stereocenters. The van der Waals surface area contributed by atoms with E-state index in [2.05, 4.69) is 4.84 Å². The van der Waals surface area contributed by atoms with Gasteiger partial charge in [0.25, 0.3) is 5.69 Å². The van der Waals surface area contributed by atoms with Gasteiger partial charge in [0.05, 0.1) is 10.5 Å². The smallest absolute Gasteiger partial charge is 0.492 e. The van der Waals surface area contributed by atoms with Gasteiger partial charge >= 0.3 is 6.16 Å². The lowest BCUT2D eigenvalue weighted by Gasteiger charge is -2.15. The molecule has 1 aromatic heterocycles. The molecule has 27 heavy (non-hydrogen) atoms. The number of benzene rings is 1. The van der Waals surface area contributed by atoms with E-state index in [-0.39, 0.29) is 16.4 Å². The van der Waals surface area contributed by atoms with Crippen LogP contribution >= 0.6 is 11.8 Å². The third-order valence-corrected chi connectivity index (χ3v) is 4.29. The van der Waals surface area contributed by atoms with Crippen LogP contribution in [-0.2, 0) is 15.3 Å². The van der Waals surface area contributed by atoms with Crippen LogP contribution in [0.4, 0.5) is 10.5 Å². The Balaban J connectivity index is 2.18. The van der Waals surface area contributed by atoms with E-state index in [1.165, 1.54) is 32.0 Å². The summed E-state index contributed by atoms with van der Waals surface area (Å²) < 4.78 is 5.44. The first-order valence-electron chi connectivity index (χ1n) is 7.58. The van der Waals surface area contributed by atoms with Gasteiger partial charge in [0.1, 0.15) is 6.10 Å². The quantitative estimate of drug-likeness (QED) is 0.428. The highest BCUT2D eigenvalue weighted by atomic mass is 32.2. The third kappa shape index (κ3) is 5.14. The topological polar surface area (TPSA) is 141 Å². The van der Waals surface area contributed by atoms with Crippen LogP contribution < -0.4 is 4.84 Å². The number of thioether (sulfide) groups is 1. The molecule has 0 aliphatic carbocycles. The first kappa shape index (κ1) is 20.1. The molecule has 10 nitrogen and oxygen atoms in total. The summed E-state index contributed by atoms with van der Waals surface area (Å²) in [5.41, 5.74) is 0.485. The van der Waals surface area contributed by atoms with Crippen molar-refractivity contribution in [3.05, 3.63) is 51.6 Å². The number of carbonyl (C=O) groups is 2. The monoisotopic (exact) mass is 396 g/mol. The summed E-state index contributed by atoms with van der Waals surface area (Å²) in [5.74, 6) is -0.763. The highest BCUT2D eigenvalue weighted by molar-refractivity contribution is 8.12. The Morgan fingerprint density at radius 3 is 2.44 bits per heavy atom. The second-order valence-corrected chi connectivity index (χ2v) is 6.53. The number of hydrogen-bond acceptors (Lipinski definition) is 9. The zero-order valence-electron chi connectivity index (χ0n) is 14.3. The van der Waals surface area contributed by atoms with Crippen LogP contribution in [0.15, 0.2) is 30.3 Å². The normalized spacial score (nSPS) is 11.6. The fourth-order valence-corrected chi connectivity index (χ4v) is 2.72. The summed E-state index contributed by atoms with van der Waals surface area (Å²) in [5, 5.41) is 30.0. The minimum Gasteiger partial charge on any atom is -0.492 e. The zero-order valence-corrected chi connectivity index (χ0v) is 15.1. The number of nitrogens with zero attached hydrogens (tertiary/aromatic N) is 2. The van der Waals surface area contributed by atoms with Gasteiger partial charge in [0.15, 0.2) is 5.12 Å². The molecule has 2 rings (SSSR count). The molecule has 0 aliphatic heterocycles. The summed E-state index contributed by atoms with van der Waals surface area (Å²) in [6, 6.07) is 6.43. The average Bonchev–Trinajstić information content (AvgIpc) is 2.91. The lowest BCUT2D eigenvalue weighted by molar-refractivity contribution is -0.386. The van der Waals surface area contributed by atoms with E-state index < -0.39 is 28.9 Å². The fraction of sp³-hybridized carbons (Fsp3) is 0.250. The van der Waals surface area contributed by atoms with Crippen molar-refractivity contribution in [1.29, 1.82) is 0 Å². The molecule has 2 aromatic rings. The minimum absolute atomic E-state index is 0.103. The van der Waals surface area contributed by atoms with Gasteiger partial charge in [-0.25, -0.2) is 4.79 Å². The molecule has 1 heterocycles. The van der Waals surface area contributed by atoms with Crippen molar-refractivity contribution in [2.75, 3.05) is 0 Å². The number of carbonyl (C=O) groups excluding carboxylic acids is 2. The van der Waals surface area contributed by atoms with E-state index >= 15 is 0 Å². The summed E-state index contributed by atoms with van der Waals surface area (Å²) >= 11 is 1.04. The Morgan fingerprint density at radius 2 is 1.89 bits per heavy atom. The first-order chi connectivity index (χ1) is 12.7. The largest absolute Gasteiger partial charge is 0.534 e. The van der Waals surface area contributed by atoms with Crippen molar-refractivity contribution in [3.63, 3.8) is 0 Å². The van der Waals surface area contributed by atoms with Crippen LogP contribution in [-0.4, -0.2) is 31.1 Å². The Morgan fingerprint density at radius 1 is 1.26 bits per heavy atom. The van der Waals surface area contributed by atoms with Gasteiger partial charge < -0.3 is 14.9 Å². The Hall–Kier alpha value is -3.21. The molecule has 0 aliphatic rings. The predicted octanol–water partition coefficient (Wildman–Crippen LogP) is 2.91. The van der Waals surface area contributed by atoms with Crippen molar-refractivity contribution in [2.24, 2.45) is 0 Å². The number of ether oxygens (including phenoxy) is 1. The molecular formula is C16H16N2O8S. The summed E-state index contributed by atoms with van der Waals surface area (Å²) in [6.07, 6.45) is -2.36. The van der Waals surface area contributed by atoms with Crippen molar-refractivity contribution in [2.45, 2.75) is 25.7 Å². The number of hydrogen-bond donors (Lipinski definition) is 2. The number of aromatic hydroxyl groups is 2. The molecule has 144 valence electrons. The van der Waals surface area contributed by atoms with Gasteiger partial charge in [-0.15, -0.1) is 4.73 Å². The first-order valence-corrected chi connectivity index (χ1v) is 8.56. The molecule has 0 saturated heterocycles. The molecule has 0 amide bonds. The SMILES string of the molecule is CC(=O)SCc1ccc([N+](=O)[O-])c(C(C)OC(=O)On2c(O)ccc2O)c1. The van der Waals surface area contributed by atoms with E-state index in [1.807, 2.05) is 0 Å². The van der Waals surface area contributed by atoms with Gasteiger partial charge in [0, 0.05) is 30.9 Å². The lowest BCUT2D eigenvalue weighted by Crippen LogP contribution is -2.21. The summed E-state index contributed by atoms with van der Waals surface area (Å²) in [4.78, 5) is 38.2. The van der Waals surface area contributed by atoms with Crippen molar-refractivity contribution >= 4 is 28.7 Å². The van der Waals surface area contributed by atoms with Gasteiger partial charge in [-0.05, 0) is 18.6 Å². The molecular weight excluding hydrogens is 380 g/mol. The van der Waals surface area contributed by atoms with E-state index in [0.717, 1.165) is 23.9 Å². The van der Waals surface area contributed by atoms with Crippen LogP contribution in [0.2, 0.25) is 0 Å². The summed E-state index contributed by atoms with van der Waals surface area (Å²) in [7, 11) is 0. The molecule has 2 N–H and O–H groups in total. The number of aromatic nitrogens is 1. The molecule has 1 aromatic carbocycles. The van der Waals surface area contributed by atoms with Gasteiger partial charge in [-0.1, -0.05) is 17.8 Å². The molecule has 0 saturated carbocycles. The maximum Gasteiger partial charge on any atom is 0.534 e. The maximum absolute atomic E-state index is 11.9. The number of rotatable bonds is 6. The highest BCUT2D eigenvalue weighted by Crippen LogP contribution is 2.30. The van der Waals surface area contributed by atoms with Crippen molar-refractivity contribution in [3.8, 4) is 11.8 Å². The molecule has 11 heteroatoms. The molecule has 1 atom stereocenters. The fourth-order valence-electron chi connectivity index (χ4n) is 2.17. The van der Waals surface area contributed by atoms with Crippen molar-refractivity contribution in [1.82, 2.24) is 4.73 Å². The standard InChI is InChI=1S/C16H16N2O8S/c1-9(25-16(22)26-17-14(20)5-6-15(17)21)12-7-11(8-27-10(2)19)3-4-13(12)18(23)24/h3-7,9,20-21H,8H2,1-2H3. The van der Waals surface area contributed by atoms with E-state index in [0.29, 0.717) is 16.0 Å². The Labute approximate surface area is 157 Å². The average molecular weight is 396 g/mol. The number of nitro groups is 1. The molecule has 0 bridgehead atoms. The van der Waals surface area contributed by atoms with Gasteiger partial charge in [-0.2, -0.15) is 0 Å². The highest BCUT2D eigenvalue weighted by Gasteiger charge is 2.24. The van der Waals surface area contributed by atoms with Gasteiger partial charge in [0.2, 0.25) is 11.8 Å². The number of nitro benzene ring substituents is 1. The van der Waals surface area contributed by atoms with Crippen LogP contribution in [0.5, 0.6) is 11.8 Å². The molecule has 0 radical (unpaired) electrons. The van der Waals surface area contributed by atoms with E-state index in [1.54, 1.807) is 0 Å². The zero-order chi connectivity index (χ0) is 20.1. The molecule has 0 spiro atoms. The minimum atomic E-state index is -1.29. The second-order valence-electron chi connectivity index (χ2n) is 5.38. The molecule has 0 fully saturated rings.